The number of aryl methyl sites for hydroxylation is 1. The van der Waals surface area contributed by atoms with Crippen LogP contribution in [0.15, 0.2) is 48.5 Å². The van der Waals surface area contributed by atoms with Crippen molar-refractivity contribution in [1.82, 2.24) is 4.90 Å². The van der Waals surface area contributed by atoms with Crippen LogP contribution in [-0.4, -0.2) is 29.8 Å². The zero-order chi connectivity index (χ0) is 17.1. The zero-order valence-corrected chi connectivity index (χ0v) is 13.5. The van der Waals surface area contributed by atoms with Gasteiger partial charge in [0.15, 0.2) is 0 Å². The molecule has 1 saturated heterocycles. The zero-order valence-electron chi connectivity index (χ0n) is 13.5. The lowest BCUT2D eigenvalue weighted by Gasteiger charge is -2.34. The minimum absolute atomic E-state index is 0.241. The molecule has 0 unspecified atom stereocenters. The van der Waals surface area contributed by atoms with Gasteiger partial charge in [-0.25, -0.2) is 4.39 Å². The summed E-state index contributed by atoms with van der Waals surface area (Å²) < 4.78 is 13.3. The molecule has 0 radical (unpaired) electrons. The van der Waals surface area contributed by atoms with Crippen LogP contribution in [0.25, 0.3) is 0 Å². The van der Waals surface area contributed by atoms with E-state index in [0.717, 1.165) is 17.7 Å². The molecule has 1 aliphatic heterocycles. The van der Waals surface area contributed by atoms with Crippen molar-refractivity contribution in [2.45, 2.75) is 19.9 Å². The standard InChI is InChI=1S/C19H19FN2O2/c1-2-14-5-4-8-17(12-14)22-10-9-21(18(23)19(22)24)13-15-6-3-7-16(20)11-15/h3-8,11-12H,2,9-10,13H2,1H3. The summed E-state index contributed by atoms with van der Waals surface area (Å²) in [6.07, 6.45) is 0.871. The largest absolute Gasteiger partial charge is 0.328 e. The number of halogens is 1. The van der Waals surface area contributed by atoms with Crippen LogP contribution in [0.2, 0.25) is 0 Å². The number of piperazine rings is 1. The predicted molar refractivity (Wildman–Crippen MR) is 90.0 cm³/mol. The van der Waals surface area contributed by atoms with E-state index in [9.17, 15) is 14.0 Å². The van der Waals surface area contributed by atoms with Crippen molar-refractivity contribution in [3.05, 3.63) is 65.5 Å². The second-order valence-electron chi connectivity index (χ2n) is 5.84. The molecule has 124 valence electrons. The molecular formula is C19H19FN2O2. The first-order valence-electron chi connectivity index (χ1n) is 8.02. The van der Waals surface area contributed by atoms with Crippen LogP contribution in [0.5, 0.6) is 0 Å². The highest BCUT2D eigenvalue weighted by atomic mass is 19.1. The molecule has 0 aromatic heterocycles. The van der Waals surface area contributed by atoms with E-state index < -0.39 is 11.8 Å². The summed E-state index contributed by atoms with van der Waals surface area (Å²) >= 11 is 0. The van der Waals surface area contributed by atoms with Gasteiger partial charge in [-0.1, -0.05) is 31.2 Å². The van der Waals surface area contributed by atoms with E-state index in [0.29, 0.717) is 18.7 Å². The second kappa shape index (κ2) is 6.83. The molecule has 1 fully saturated rings. The summed E-state index contributed by atoms with van der Waals surface area (Å²) in [5.41, 5.74) is 2.55. The fraction of sp³-hybridized carbons (Fsp3) is 0.263. The summed E-state index contributed by atoms with van der Waals surface area (Å²) in [7, 11) is 0. The Bertz CT molecular complexity index is 775. The minimum Gasteiger partial charge on any atom is -0.328 e. The normalized spacial score (nSPS) is 15.1. The van der Waals surface area contributed by atoms with Crippen molar-refractivity contribution in [3.63, 3.8) is 0 Å². The van der Waals surface area contributed by atoms with E-state index >= 15 is 0 Å². The van der Waals surface area contributed by atoms with Crippen molar-refractivity contribution in [1.29, 1.82) is 0 Å². The number of anilines is 1. The number of carbonyl (C=O) groups is 2. The number of nitrogens with zero attached hydrogens (tertiary/aromatic N) is 2. The van der Waals surface area contributed by atoms with Gasteiger partial charge in [0.05, 0.1) is 0 Å². The molecule has 1 aliphatic rings. The molecule has 0 saturated carbocycles. The Hall–Kier alpha value is -2.69. The first-order chi connectivity index (χ1) is 11.6. The molecule has 0 spiro atoms. The second-order valence-corrected chi connectivity index (χ2v) is 5.84. The Labute approximate surface area is 140 Å². The Morgan fingerprint density at radius 3 is 2.46 bits per heavy atom. The van der Waals surface area contributed by atoms with E-state index in [1.807, 2.05) is 31.2 Å². The molecular weight excluding hydrogens is 307 g/mol. The third-order valence-electron chi connectivity index (χ3n) is 4.20. The van der Waals surface area contributed by atoms with Gasteiger partial charge in [-0.2, -0.15) is 0 Å². The maximum Gasteiger partial charge on any atom is 0.316 e. The number of hydrogen-bond donors (Lipinski definition) is 0. The quantitative estimate of drug-likeness (QED) is 0.811. The fourth-order valence-corrected chi connectivity index (χ4v) is 2.87. The van der Waals surface area contributed by atoms with Gasteiger partial charge in [0, 0.05) is 25.3 Å². The third kappa shape index (κ3) is 3.30. The van der Waals surface area contributed by atoms with Gasteiger partial charge >= 0.3 is 11.8 Å². The lowest BCUT2D eigenvalue weighted by Crippen LogP contribution is -2.54. The molecule has 3 rings (SSSR count). The van der Waals surface area contributed by atoms with Crippen molar-refractivity contribution in [2.75, 3.05) is 18.0 Å². The van der Waals surface area contributed by atoms with Crippen LogP contribution >= 0.6 is 0 Å². The first-order valence-corrected chi connectivity index (χ1v) is 8.02. The maximum atomic E-state index is 13.3. The number of hydrogen-bond acceptors (Lipinski definition) is 2. The average Bonchev–Trinajstić information content (AvgIpc) is 2.59. The van der Waals surface area contributed by atoms with Crippen LogP contribution in [0, 0.1) is 5.82 Å². The topological polar surface area (TPSA) is 40.6 Å². The van der Waals surface area contributed by atoms with Gasteiger partial charge in [-0.15, -0.1) is 0 Å². The summed E-state index contributed by atoms with van der Waals surface area (Å²) in [4.78, 5) is 27.8. The summed E-state index contributed by atoms with van der Waals surface area (Å²) in [5, 5.41) is 0. The Morgan fingerprint density at radius 1 is 0.958 bits per heavy atom. The van der Waals surface area contributed by atoms with Crippen LogP contribution in [0.1, 0.15) is 18.1 Å². The molecule has 0 N–H and O–H groups in total. The predicted octanol–water partition coefficient (Wildman–Crippen LogP) is 2.76. The lowest BCUT2D eigenvalue weighted by atomic mass is 10.1. The van der Waals surface area contributed by atoms with E-state index in [1.165, 1.54) is 21.9 Å². The van der Waals surface area contributed by atoms with Crippen molar-refractivity contribution in [3.8, 4) is 0 Å². The molecule has 0 aliphatic carbocycles. The van der Waals surface area contributed by atoms with Crippen LogP contribution in [-0.2, 0) is 22.6 Å². The molecule has 1 heterocycles. The van der Waals surface area contributed by atoms with Gasteiger partial charge in [-0.3, -0.25) is 9.59 Å². The third-order valence-corrected chi connectivity index (χ3v) is 4.20. The molecule has 4 nitrogen and oxygen atoms in total. The van der Waals surface area contributed by atoms with Crippen LogP contribution in [0.4, 0.5) is 10.1 Å². The Morgan fingerprint density at radius 2 is 1.71 bits per heavy atom. The smallest absolute Gasteiger partial charge is 0.316 e. The minimum atomic E-state index is -0.549. The van der Waals surface area contributed by atoms with Gasteiger partial charge in [0.2, 0.25) is 0 Å². The fourth-order valence-electron chi connectivity index (χ4n) is 2.87. The van der Waals surface area contributed by atoms with Crippen LogP contribution in [0.3, 0.4) is 0 Å². The van der Waals surface area contributed by atoms with Crippen molar-refractivity contribution >= 4 is 17.5 Å². The number of rotatable bonds is 4. The van der Waals surface area contributed by atoms with Gasteiger partial charge in [0.25, 0.3) is 0 Å². The Kier molecular flexibility index (Phi) is 4.60. The summed E-state index contributed by atoms with van der Waals surface area (Å²) in [5.74, 6) is -1.43. The maximum absolute atomic E-state index is 13.3. The first kappa shape index (κ1) is 16.2. The van der Waals surface area contributed by atoms with Gasteiger partial charge in [-0.05, 0) is 41.8 Å². The van der Waals surface area contributed by atoms with E-state index in [-0.39, 0.29) is 12.4 Å². The molecule has 2 aromatic carbocycles. The van der Waals surface area contributed by atoms with E-state index in [2.05, 4.69) is 0 Å². The highest BCUT2D eigenvalue weighted by Gasteiger charge is 2.33. The molecule has 0 atom stereocenters. The van der Waals surface area contributed by atoms with E-state index in [4.69, 9.17) is 0 Å². The molecule has 0 bridgehead atoms. The SMILES string of the molecule is CCc1cccc(N2CCN(Cc3cccc(F)c3)C(=O)C2=O)c1. The molecule has 5 heteroatoms. The molecule has 2 aromatic rings. The average molecular weight is 326 g/mol. The number of amides is 2. The van der Waals surface area contributed by atoms with Gasteiger partial charge in [0.1, 0.15) is 5.82 Å². The highest BCUT2D eigenvalue weighted by molar-refractivity contribution is 6.40. The van der Waals surface area contributed by atoms with Crippen LogP contribution < -0.4 is 4.90 Å². The Balaban J connectivity index is 1.74. The van der Waals surface area contributed by atoms with Crippen molar-refractivity contribution in [2.24, 2.45) is 0 Å². The van der Waals surface area contributed by atoms with E-state index in [1.54, 1.807) is 12.1 Å². The lowest BCUT2D eigenvalue weighted by molar-refractivity contribution is -0.146. The number of carbonyl (C=O) groups excluding carboxylic acids is 2. The molecule has 24 heavy (non-hydrogen) atoms. The van der Waals surface area contributed by atoms with Crippen molar-refractivity contribution < 1.29 is 14.0 Å². The highest BCUT2D eigenvalue weighted by Crippen LogP contribution is 2.21. The summed E-state index contributed by atoms with van der Waals surface area (Å²) in [6, 6.07) is 13.8. The summed E-state index contributed by atoms with van der Waals surface area (Å²) in [6.45, 7) is 3.15. The monoisotopic (exact) mass is 326 g/mol. The number of benzene rings is 2. The van der Waals surface area contributed by atoms with Gasteiger partial charge < -0.3 is 9.80 Å². The molecule has 2 amide bonds.